The van der Waals surface area contributed by atoms with E-state index in [4.69, 9.17) is 4.74 Å². The van der Waals surface area contributed by atoms with Gasteiger partial charge >= 0.3 is 6.03 Å². The van der Waals surface area contributed by atoms with E-state index in [-0.39, 0.29) is 18.9 Å². The maximum atomic E-state index is 12.1. The molecule has 8 heteroatoms. The van der Waals surface area contributed by atoms with Gasteiger partial charge < -0.3 is 30.9 Å². The van der Waals surface area contributed by atoms with Gasteiger partial charge in [0.15, 0.2) is 0 Å². The van der Waals surface area contributed by atoms with Crippen molar-refractivity contribution in [3.63, 3.8) is 0 Å². The number of rotatable bonds is 6. The van der Waals surface area contributed by atoms with Crippen molar-refractivity contribution in [3.8, 4) is 0 Å². The van der Waals surface area contributed by atoms with Crippen LogP contribution >= 0.6 is 0 Å². The minimum atomic E-state index is -1.22. The van der Waals surface area contributed by atoms with E-state index in [1.54, 1.807) is 48.5 Å². The van der Waals surface area contributed by atoms with Gasteiger partial charge in [0, 0.05) is 17.9 Å². The first-order chi connectivity index (χ1) is 13.5. The number of nitrogens with one attached hydrogen (secondary N) is 3. The first-order valence-corrected chi connectivity index (χ1v) is 8.99. The summed E-state index contributed by atoms with van der Waals surface area (Å²) in [4.78, 5) is 24.1. The van der Waals surface area contributed by atoms with Crippen LogP contribution in [0.25, 0.3) is 0 Å². The van der Waals surface area contributed by atoms with E-state index in [0.717, 1.165) is 0 Å². The molecule has 0 bridgehead atoms. The smallest absolute Gasteiger partial charge is 0.319 e. The van der Waals surface area contributed by atoms with Gasteiger partial charge in [-0.3, -0.25) is 4.79 Å². The van der Waals surface area contributed by atoms with E-state index in [9.17, 15) is 19.8 Å². The quantitative estimate of drug-likeness (QED) is 0.514. The number of carbonyl (C=O) groups excluding carboxylic acids is 2. The fourth-order valence-electron chi connectivity index (χ4n) is 2.97. The third kappa shape index (κ3) is 5.29. The summed E-state index contributed by atoms with van der Waals surface area (Å²) >= 11 is 0. The van der Waals surface area contributed by atoms with Crippen molar-refractivity contribution in [2.45, 2.75) is 30.8 Å². The summed E-state index contributed by atoms with van der Waals surface area (Å²) in [5.74, 6) is -0.335. The molecule has 28 heavy (non-hydrogen) atoms. The largest absolute Gasteiger partial charge is 0.388 e. The molecule has 148 valence electrons. The van der Waals surface area contributed by atoms with Crippen LogP contribution in [0.15, 0.2) is 60.7 Å². The van der Waals surface area contributed by atoms with Crippen LogP contribution in [0.4, 0.5) is 16.2 Å². The average Bonchev–Trinajstić information content (AvgIpc) is 2.96. The molecule has 0 saturated carbocycles. The summed E-state index contributed by atoms with van der Waals surface area (Å²) in [5, 5.41) is 28.3. The number of aliphatic hydroxyl groups excluding tert-OH is 2. The molecule has 0 aliphatic carbocycles. The molecule has 4 atom stereocenters. The fourth-order valence-corrected chi connectivity index (χ4v) is 2.97. The number of benzene rings is 2. The van der Waals surface area contributed by atoms with Crippen LogP contribution in [-0.4, -0.2) is 53.1 Å². The molecule has 1 aliphatic rings. The van der Waals surface area contributed by atoms with E-state index in [1.165, 1.54) is 0 Å². The second-order valence-corrected chi connectivity index (χ2v) is 6.51. The molecule has 2 aromatic carbocycles. The standard InChI is InChI=1S/C20H23N3O5/c24-17(22-13-7-3-1-4-8-13)11-15-18(25)19(26)16(28-15)12-21-20(27)23-14-9-5-2-6-10-14/h1-10,15-16,18-19,25-26H,11-12H2,(H,22,24)(H2,21,23,27)/t15-,16-,18+,19-/m1/s1. The first kappa shape index (κ1) is 19.8. The van der Waals surface area contributed by atoms with Crippen molar-refractivity contribution in [2.24, 2.45) is 0 Å². The van der Waals surface area contributed by atoms with E-state index < -0.39 is 30.4 Å². The fraction of sp³-hybridized carbons (Fsp3) is 0.300. The number of para-hydroxylation sites is 2. The second-order valence-electron chi connectivity index (χ2n) is 6.51. The lowest BCUT2D eigenvalue weighted by atomic mass is 10.1. The Balaban J connectivity index is 1.46. The number of amides is 3. The normalized spacial score (nSPS) is 23.8. The zero-order valence-corrected chi connectivity index (χ0v) is 15.1. The van der Waals surface area contributed by atoms with Gasteiger partial charge in [-0.05, 0) is 24.3 Å². The predicted octanol–water partition coefficient (Wildman–Crippen LogP) is 1.33. The SMILES string of the molecule is O=C(C[C@H]1O[C@H](CNC(=O)Nc2ccccc2)[C@@H](O)[C@H]1O)Nc1ccccc1. The maximum absolute atomic E-state index is 12.1. The van der Waals surface area contributed by atoms with Crippen molar-refractivity contribution in [1.29, 1.82) is 0 Å². The monoisotopic (exact) mass is 385 g/mol. The lowest BCUT2D eigenvalue weighted by molar-refractivity contribution is -0.120. The van der Waals surface area contributed by atoms with Gasteiger partial charge in [0.1, 0.15) is 18.3 Å². The Labute approximate surface area is 162 Å². The highest BCUT2D eigenvalue weighted by atomic mass is 16.5. The summed E-state index contributed by atoms with van der Waals surface area (Å²) in [6.07, 6.45) is -4.20. The summed E-state index contributed by atoms with van der Waals surface area (Å²) < 4.78 is 5.59. The number of anilines is 2. The number of urea groups is 1. The van der Waals surface area contributed by atoms with Crippen molar-refractivity contribution in [1.82, 2.24) is 5.32 Å². The van der Waals surface area contributed by atoms with Gasteiger partial charge in [-0.2, -0.15) is 0 Å². The molecule has 1 heterocycles. The van der Waals surface area contributed by atoms with E-state index in [1.807, 2.05) is 12.1 Å². The van der Waals surface area contributed by atoms with Crippen molar-refractivity contribution in [3.05, 3.63) is 60.7 Å². The van der Waals surface area contributed by atoms with Crippen LogP contribution in [0.5, 0.6) is 0 Å². The van der Waals surface area contributed by atoms with Crippen LogP contribution in [0.3, 0.4) is 0 Å². The number of hydrogen-bond donors (Lipinski definition) is 5. The van der Waals surface area contributed by atoms with Crippen molar-refractivity contribution < 1.29 is 24.5 Å². The molecule has 0 unspecified atom stereocenters. The Hall–Kier alpha value is -2.94. The summed E-state index contributed by atoms with van der Waals surface area (Å²) in [6, 6.07) is 17.4. The predicted molar refractivity (Wildman–Crippen MR) is 104 cm³/mol. The third-order valence-electron chi connectivity index (χ3n) is 4.40. The van der Waals surface area contributed by atoms with Crippen LogP contribution in [0.1, 0.15) is 6.42 Å². The molecule has 3 amide bonds. The first-order valence-electron chi connectivity index (χ1n) is 8.99. The van der Waals surface area contributed by atoms with Crippen LogP contribution < -0.4 is 16.0 Å². The van der Waals surface area contributed by atoms with Gasteiger partial charge in [0.05, 0.1) is 12.5 Å². The minimum Gasteiger partial charge on any atom is -0.388 e. The molecule has 5 N–H and O–H groups in total. The molecular weight excluding hydrogens is 362 g/mol. The summed E-state index contributed by atoms with van der Waals surface area (Å²) in [6.45, 7) is -0.00625. The van der Waals surface area contributed by atoms with Crippen molar-refractivity contribution in [2.75, 3.05) is 17.2 Å². The van der Waals surface area contributed by atoms with Crippen LogP contribution in [0, 0.1) is 0 Å². The highest BCUT2D eigenvalue weighted by Gasteiger charge is 2.43. The van der Waals surface area contributed by atoms with E-state index in [2.05, 4.69) is 16.0 Å². The van der Waals surface area contributed by atoms with Crippen LogP contribution in [-0.2, 0) is 9.53 Å². The zero-order chi connectivity index (χ0) is 19.9. The molecule has 3 rings (SSSR count). The Morgan fingerprint density at radius 3 is 1.96 bits per heavy atom. The molecule has 2 aromatic rings. The minimum absolute atomic E-state index is 0.00625. The highest BCUT2D eigenvalue weighted by molar-refractivity contribution is 5.91. The second kappa shape index (κ2) is 9.32. The number of hydrogen-bond acceptors (Lipinski definition) is 5. The average molecular weight is 385 g/mol. The van der Waals surface area contributed by atoms with E-state index >= 15 is 0 Å². The zero-order valence-electron chi connectivity index (χ0n) is 15.1. The molecule has 0 aromatic heterocycles. The molecule has 8 nitrogen and oxygen atoms in total. The maximum Gasteiger partial charge on any atom is 0.319 e. The summed E-state index contributed by atoms with van der Waals surface area (Å²) in [7, 11) is 0. The lowest BCUT2D eigenvalue weighted by Gasteiger charge is -2.15. The topological polar surface area (TPSA) is 120 Å². The van der Waals surface area contributed by atoms with Crippen molar-refractivity contribution >= 4 is 23.3 Å². The van der Waals surface area contributed by atoms with Gasteiger partial charge in [0.25, 0.3) is 0 Å². The Morgan fingerprint density at radius 1 is 0.821 bits per heavy atom. The Morgan fingerprint density at radius 2 is 1.36 bits per heavy atom. The molecular formula is C20H23N3O5. The third-order valence-corrected chi connectivity index (χ3v) is 4.40. The number of aliphatic hydroxyl groups is 2. The van der Waals surface area contributed by atoms with Crippen LogP contribution in [0.2, 0.25) is 0 Å². The van der Waals surface area contributed by atoms with E-state index in [0.29, 0.717) is 11.4 Å². The molecule has 1 aliphatic heterocycles. The molecule has 1 saturated heterocycles. The number of ether oxygens (including phenoxy) is 1. The highest BCUT2D eigenvalue weighted by Crippen LogP contribution is 2.24. The Kier molecular flexibility index (Phi) is 6.59. The van der Waals surface area contributed by atoms with Gasteiger partial charge in [-0.1, -0.05) is 36.4 Å². The molecule has 0 radical (unpaired) electrons. The number of carbonyl (C=O) groups is 2. The van der Waals surface area contributed by atoms with Gasteiger partial charge in [0.2, 0.25) is 5.91 Å². The molecule has 0 spiro atoms. The van der Waals surface area contributed by atoms with Gasteiger partial charge in [-0.25, -0.2) is 4.79 Å². The molecule has 1 fully saturated rings. The summed E-state index contributed by atoms with van der Waals surface area (Å²) in [5.41, 5.74) is 1.26. The Bertz CT molecular complexity index is 787. The van der Waals surface area contributed by atoms with Gasteiger partial charge in [-0.15, -0.1) is 0 Å². The lowest BCUT2D eigenvalue weighted by Crippen LogP contribution is -2.41.